The Hall–Kier alpha value is -1.78. The molecule has 1 aromatic carbocycles. The molecule has 3 nitrogen and oxygen atoms in total. The number of halogens is 1. The lowest BCUT2D eigenvalue weighted by Crippen LogP contribution is -2.27. The third-order valence-electron chi connectivity index (χ3n) is 4.09. The molecule has 23 heavy (non-hydrogen) atoms. The van der Waals surface area contributed by atoms with Gasteiger partial charge in [0.05, 0.1) is 23.1 Å². The molecule has 0 spiro atoms. The fourth-order valence-electron chi connectivity index (χ4n) is 2.62. The highest BCUT2D eigenvalue weighted by Gasteiger charge is 2.15. The van der Waals surface area contributed by atoms with Crippen LogP contribution in [0.15, 0.2) is 34.9 Å². The molecule has 1 N–H and O–H groups in total. The van der Waals surface area contributed by atoms with Crippen molar-refractivity contribution in [3.05, 3.63) is 56.4 Å². The van der Waals surface area contributed by atoms with E-state index in [-0.39, 0.29) is 11.9 Å². The zero-order chi connectivity index (χ0) is 16.6. The van der Waals surface area contributed by atoms with Gasteiger partial charge in [0.25, 0.3) is 0 Å². The summed E-state index contributed by atoms with van der Waals surface area (Å²) in [4.78, 5) is 13.4. The fraction of sp³-hybridized carbons (Fsp3) is 0.278. The normalized spacial score (nSPS) is 12.5. The quantitative estimate of drug-likeness (QED) is 0.706. The molecule has 2 aromatic heterocycles. The van der Waals surface area contributed by atoms with E-state index in [9.17, 15) is 4.79 Å². The predicted octanol–water partition coefficient (Wildman–Crippen LogP) is 5.18. The molecule has 3 aromatic rings. The minimum Gasteiger partial charge on any atom is -0.464 e. The van der Waals surface area contributed by atoms with Gasteiger partial charge in [0.2, 0.25) is 5.91 Å². The Bertz CT molecular complexity index is 865. The van der Waals surface area contributed by atoms with Crippen LogP contribution < -0.4 is 5.32 Å². The Labute approximate surface area is 144 Å². The van der Waals surface area contributed by atoms with Crippen molar-refractivity contribution in [2.75, 3.05) is 0 Å². The number of hydrogen-bond donors (Lipinski definition) is 1. The summed E-state index contributed by atoms with van der Waals surface area (Å²) in [5.74, 6) is -0.0250. The zero-order valence-electron chi connectivity index (χ0n) is 13.3. The van der Waals surface area contributed by atoms with Gasteiger partial charge >= 0.3 is 0 Å². The van der Waals surface area contributed by atoms with Gasteiger partial charge in [-0.3, -0.25) is 4.79 Å². The summed E-state index contributed by atoms with van der Waals surface area (Å²) in [7, 11) is 0. The number of rotatable bonds is 4. The summed E-state index contributed by atoms with van der Waals surface area (Å²) in [5, 5.41) is 4.02. The van der Waals surface area contributed by atoms with E-state index in [1.165, 1.54) is 16.9 Å². The molecule has 1 atom stereocenters. The minimum atomic E-state index is -0.0536. The van der Waals surface area contributed by atoms with E-state index in [1.807, 2.05) is 32.0 Å². The van der Waals surface area contributed by atoms with Gasteiger partial charge < -0.3 is 9.73 Å². The summed E-state index contributed by atoms with van der Waals surface area (Å²) < 4.78 is 6.39. The van der Waals surface area contributed by atoms with Crippen LogP contribution in [-0.4, -0.2) is 5.91 Å². The average molecular weight is 348 g/mol. The van der Waals surface area contributed by atoms with Crippen LogP contribution in [0.3, 0.4) is 0 Å². The second-order valence-corrected chi connectivity index (χ2v) is 7.50. The van der Waals surface area contributed by atoms with Crippen LogP contribution in [0.25, 0.3) is 11.0 Å². The largest absolute Gasteiger partial charge is 0.464 e. The topological polar surface area (TPSA) is 42.2 Å². The summed E-state index contributed by atoms with van der Waals surface area (Å²) in [6, 6.07) is 7.81. The number of carbonyl (C=O) groups is 1. The van der Waals surface area contributed by atoms with Crippen LogP contribution in [0.2, 0.25) is 4.34 Å². The molecular formula is C18H18ClNO2S. The Morgan fingerprint density at radius 1 is 1.30 bits per heavy atom. The van der Waals surface area contributed by atoms with E-state index >= 15 is 0 Å². The highest BCUT2D eigenvalue weighted by atomic mass is 35.5. The zero-order valence-corrected chi connectivity index (χ0v) is 14.8. The van der Waals surface area contributed by atoms with Crippen molar-refractivity contribution >= 4 is 39.8 Å². The molecule has 0 radical (unpaired) electrons. The lowest BCUT2D eigenvalue weighted by Gasteiger charge is -2.11. The Morgan fingerprint density at radius 2 is 2.09 bits per heavy atom. The maximum atomic E-state index is 12.3. The fourth-order valence-corrected chi connectivity index (χ4v) is 3.69. The number of aryl methyl sites for hydroxylation is 2. The maximum Gasteiger partial charge on any atom is 0.225 e. The van der Waals surface area contributed by atoms with E-state index in [2.05, 4.69) is 18.3 Å². The first-order valence-corrected chi connectivity index (χ1v) is 8.66. The van der Waals surface area contributed by atoms with Crippen molar-refractivity contribution in [3.63, 3.8) is 0 Å². The monoisotopic (exact) mass is 347 g/mol. The summed E-state index contributed by atoms with van der Waals surface area (Å²) in [5.41, 5.74) is 4.09. The molecule has 0 saturated carbocycles. The van der Waals surface area contributed by atoms with Gasteiger partial charge in [-0.25, -0.2) is 0 Å². The SMILES string of the molecule is Cc1ccc2c(CC(=O)NC(C)c3ccc(Cl)s3)coc2c1C. The molecule has 0 aliphatic heterocycles. The molecular weight excluding hydrogens is 330 g/mol. The van der Waals surface area contributed by atoms with Crippen LogP contribution in [-0.2, 0) is 11.2 Å². The Kier molecular flexibility index (Phi) is 4.46. The van der Waals surface area contributed by atoms with Crippen LogP contribution in [0, 0.1) is 13.8 Å². The second-order valence-electron chi connectivity index (χ2n) is 5.75. The first kappa shape index (κ1) is 16.1. The standard InChI is InChI=1S/C18H18ClNO2S/c1-10-4-5-14-13(9-22-18(14)11(10)2)8-17(21)20-12(3)15-6-7-16(19)23-15/h4-7,9,12H,8H2,1-3H3,(H,20,21). The third kappa shape index (κ3) is 3.28. The predicted molar refractivity (Wildman–Crippen MR) is 95.3 cm³/mol. The number of hydrogen-bond acceptors (Lipinski definition) is 3. The number of amides is 1. The van der Waals surface area contributed by atoms with Crippen LogP contribution >= 0.6 is 22.9 Å². The van der Waals surface area contributed by atoms with E-state index in [0.29, 0.717) is 6.42 Å². The molecule has 0 fully saturated rings. The molecule has 1 unspecified atom stereocenters. The third-order valence-corrected chi connectivity index (χ3v) is 5.50. The van der Waals surface area contributed by atoms with Crippen LogP contribution in [0.5, 0.6) is 0 Å². The second kappa shape index (κ2) is 6.38. The molecule has 0 aliphatic rings. The van der Waals surface area contributed by atoms with E-state index in [0.717, 1.165) is 31.3 Å². The van der Waals surface area contributed by atoms with Crippen molar-refractivity contribution in [1.82, 2.24) is 5.32 Å². The van der Waals surface area contributed by atoms with Gasteiger partial charge in [-0.2, -0.15) is 0 Å². The maximum absolute atomic E-state index is 12.3. The molecule has 2 heterocycles. The van der Waals surface area contributed by atoms with Gasteiger partial charge in [0, 0.05) is 15.8 Å². The van der Waals surface area contributed by atoms with Gasteiger partial charge in [0.1, 0.15) is 5.58 Å². The Balaban J connectivity index is 1.74. The smallest absolute Gasteiger partial charge is 0.225 e. The number of benzene rings is 1. The highest BCUT2D eigenvalue weighted by molar-refractivity contribution is 7.16. The molecule has 3 rings (SSSR count). The number of fused-ring (bicyclic) bond motifs is 1. The van der Waals surface area contributed by atoms with Crippen LogP contribution in [0.1, 0.15) is 34.5 Å². The lowest BCUT2D eigenvalue weighted by atomic mass is 10.0. The van der Waals surface area contributed by atoms with Crippen molar-refractivity contribution in [3.8, 4) is 0 Å². The van der Waals surface area contributed by atoms with Crippen molar-refractivity contribution in [1.29, 1.82) is 0 Å². The van der Waals surface area contributed by atoms with E-state index in [4.69, 9.17) is 16.0 Å². The average Bonchev–Trinajstić information content (AvgIpc) is 3.10. The number of thiophene rings is 1. The first-order valence-electron chi connectivity index (χ1n) is 7.46. The van der Waals surface area contributed by atoms with E-state index < -0.39 is 0 Å². The first-order chi connectivity index (χ1) is 11.0. The van der Waals surface area contributed by atoms with Crippen molar-refractivity contribution in [2.24, 2.45) is 0 Å². The van der Waals surface area contributed by atoms with Gasteiger partial charge in [0.15, 0.2) is 0 Å². The molecule has 0 bridgehead atoms. The summed E-state index contributed by atoms with van der Waals surface area (Å²) in [6.45, 7) is 6.05. The van der Waals surface area contributed by atoms with Crippen LogP contribution in [0.4, 0.5) is 0 Å². The molecule has 5 heteroatoms. The molecule has 0 aliphatic carbocycles. The number of nitrogens with one attached hydrogen (secondary N) is 1. The minimum absolute atomic E-state index is 0.0250. The number of furan rings is 1. The van der Waals surface area contributed by atoms with Gasteiger partial charge in [-0.15, -0.1) is 11.3 Å². The summed E-state index contributed by atoms with van der Waals surface area (Å²) in [6.07, 6.45) is 1.99. The van der Waals surface area contributed by atoms with E-state index in [1.54, 1.807) is 6.26 Å². The molecule has 1 amide bonds. The molecule has 0 saturated heterocycles. The number of carbonyl (C=O) groups excluding carboxylic acids is 1. The Morgan fingerprint density at radius 3 is 2.78 bits per heavy atom. The van der Waals surface area contributed by atoms with Gasteiger partial charge in [-0.1, -0.05) is 23.7 Å². The van der Waals surface area contributed by atoms with Crippen molar-refractivity contribution in [2.45, 2.75) is 33.2 Å². The lowest BCUT2D eigenvalue weighted by molar-refractivity contribution is -0.121. The summed E-state index contributed by atoms with van der Waals surface area (Å²) >= 11 is 7.43. The van der Waals surface area contributed by atoms with Crippen molar-refractivity contribution < 1.29 is 9.21 Å². The van der Waals surface area contributed by atoms with Gasteiger partial charge in [-0.05, 0) is 44.0 Å². The highest BCUT2D eigenvalue weighted by Crippen LogP contribution is 2.28. The molecule has 120 valence electrons.